The standard InChI is InChI=1S/C43H32BFN2/c45-29-21-23-31(24-22-29)47-40-16-8-15-39-42(40)44(36-13-6-7-14-38(36)46(39)30-9-2-1-3-10-30)37-26-35-33(25-41(37)47)32-11-4-5-12-34(32)43(35)27-17-18-28(43)20-19-27/h1-16,21-28H,17-20H2. The number of fused-ring (bicyclic) bond motifs is 7. The molecular weight excluding hydrogens is 574 g/mol. The molecule has 6 aromatic rings. The Labute approximate surface area is 275 Å². The summed E-state index contributed by atoms with van der Waals surface area (Å²) in [6.45, 7) is 0.0779. The Kier molecular flexibility index (Phi) is 5.13. The third-order valence-electron chi connectivity index (χ3n) is 12.3. The molecule has 0 saturated heterocycles. The van der Waals surface area contributed by atoms with Crippen molar-refractivity contribution >= 4 is 57.2 Å². The second-order valence-electron chi connectivity index (χ2n) is 14.1. The van der Waals surface area contributed by atoms with Crippen LogP contribution in [-0.4, -0.2) is 6.71 Å². The summed E-state index contributed by atoms with van der Waals surface area (Å²) in [5.41, 5.74) is 16.9. The first kappa shape index (κ1) is 26.0. The zero-order valence-electron chi connectivity index (χ0n) is 26.0. The molecule has 11 rings (SSSR count). The van der Waals surface area contributed by atoms with Gasteiger partial charge in [-0.05, 0) is 137 Å². The molecule has 2 aliphatic heterocycles. The van der Waals surface area contributed by atoms with Crippen molar-refractivity contribution in [2.24, 2.45) is 11.8 Å². The van der Waals surface area contributed by atoms with Crippen LogP contribution in [0.1, 0.15) is 36.8 Å². The first-order chi connectivity index (χ1) is 23.2. The number of rotatable bonds is 2. The summed E-state index contributed by atoms with van der Waals surface area (Å²) in [5, 5.41) is 0. The van der Waals surface area contributed by atoms with Crippen LogP contribution >= 0.6 is 0 Å². The highest BCUT2D eigenvalue weighted by Gasteiger charge is 2.60. The van der Waals surface area contributed by atoms with Gasteiger partial charge in [-0.1, -0.05) is 72.8 Å². The summed E-state index contributed by atoms with van der Waals surface area (Å²) < 4.78 is 14.4. The molecular formula is C43H32BFN2. The summed E-state index contributed by atoms with van der Waals surface area (Å²) in [7, 11) is 0. The molecule has 0 atom stereocenters. The van der Waals surface area contributed by atoms with E-state index in [-0.39, 0.29) is 17.9 Å². The van der Waals surface area contributed by atoms with Crippen LogP contribution in [0.25, 0.3) is 11.1 Å². The monoisotopic (exact) mass is 606 g/mol. The molecule has 3 aliphatic carbocycles. The molecule has 224 valence electrons. The van der Waals surface area contributed by atoms with Gasteiger partial charge >= 0.3 is 0 Å². The molecule has 0 radical (unpaired) electrons. The van der Waals surface area contributed by atoms with E-state index in [9.17, 15) is 4.39 Å². The van der Waals surface area contributed by atoms with Crippen molar-refractivity contribution in [3.8, 4) is 11.1 Å². The molecule has 2 saturated carbocycles. The van der Waals surface area contributed by atoms with E-state index >= 15 is 0 Å². The Balaban J connectivity index is 1.25. The van der Waals surface area contributed by atoms with Crippen molar-refractivity contribution in [3.63, 3.8) is 0 Å². The van der Waals surface area contributed by atoms with Crippen molar-refractivity contribution < 1.29 is 4.39 Å². The minimum absolute atomic E-state index is 0.0779. The van der Waals surface area contributed by atoms with Crippen LogP contribution in [-0.2, 0) is 5.41 Å². The lowest BCUT2D eigenvalue weighted by molar-refractivity contribution is 0.400. The maximum atomic E-state index is 14.4. The highest BCUT2D eigenvalue weighted by atomic mass is 19.1. The Morgan fingerprint density at radius 3 is 1.89 bits per heavy atom. The zero-order valence-corrected chi connectivity index (χ0v) is 26.0. The van der Waals surface area contributed by atoms with Gasteiger partial charge in [-0.15, -0.1) is 0 Å². The summed E-state index contributed by atoms with van der Waals surface area (Å²) in [6.07, 6.45) is 5.29. The van der Waals surface area contributed by atoms with Gasteiger partial charge in [0.25, 0.3) is 6.71 Å². The van der Waals surface area contributed by atoms with Crippen molar-refractivity contribution in [1.82, 2.24) is 0 Å². The van der Waals surface area contributed by atoms with E-state index in [1.807, 2.05) is 12.1 Å². The van der Waals surface area contributed by atoms with E-state index in [4.69, 9.17) is 0 Å². The number of anilines is 6. The Hall–Kier alpha value is -5.09. The van der Waals surface area contributed by atoms with E-state index in [1.165, 1.54) is 70.3 Å². The van der Waals surface area contributed by atoms with Crippen molar-refractivity contribution in [1.29, 1.82) is 0 Å². The second kappa shape index (κ2) is 9.26. The maximum Gasteiger partial charge on any atom is 0.252 e. The van der Waals surface area contributed by atoms with E-state index < -0.39 is 0 Å². The number of hydrogen-bond acceptors (Lipinski definition) is 2. The lowest BCUT2D eigenvalue weighted by Crippen LogP contribution is -2.61. The Bertz CT molecular complexity index is 2240. The Morgan fingerprint density at radius 1 is 0.511 bits per heavy atom. The maximum absolute atomic E-state index is 14.4. The van der Waals surface area contributed by atoms with Gasteiger partial charge in [-0.3, -0.25) is 0 Å². The quantitative estimate of drug-likeness (QED) is 0.181. The molecule has 47 heavy (non-hydrogen) atoms. The fourth-order valence-corrected chi connectivity index (χ4v) is 10.7. The average molecular weight is 607 g/mol. The lowest BCUT2D eigenvalue weighted by Gasteiger charge is -2.44. The van der Waals surface area contributed by atoms with E-state index in [1.54, 1.807) is 23.3 Å². The van der Waals surface area contributed by atoms with Crippen LogP contribution in [0.15, 0.2) is 133 Å². The predicted octanol–water partition coefficient (Wildman–Crippen LogP) is 8.99. The smallest absolute Gasteiger partial charge is 0.252 e. The largest absolute Gasteiger partial charge is 0.311 e. The van der Waals surface area contributed by atoms with Crippen LogP contribution < -0.4 is 26.2 Å². The van der Waals surface area contributed by atoms with Gasteiger partial charge in [0, 0.05) is 39.5 Å². The van der Waals surface area contributed by atoms with E-state index in [0.29, 0.717) is 11.8 Å². The minimum Gasteiger partial charge on any atom is -0.311 e. The fourth-order valence-electron chi connectivity index (χ4n) is 10.7. The summed E-state index contributed by atoms with van der Waals surface area (Å²) >= 11 is 0. The highest BCUT2D eigenvalue weighted by molar-refractivity contribution is 7.00. The van der Waals surface area contributed by atoms with Crippen molar-refractivity contribution in [2.45, 2.75) is 31.1 Å². The number of para-hydroxylation sites is 2. The highest BCUT2D eigenvalue weighted by Crippen LogP contribution is 2.68. The molecule has 2 heterocycles. The van der Waals surface area contributed by atoms with Crippen LogP contribution in [0.2, 0.25) is 0 Å². The summed E-state index contributed by atoms with van der Waals surface area (Å²) in [5.74, 6) is 1.17. The molecule has 2 bridgehead atoms. The van der Waals surface area contributed by atoms with Gasteiger partial charge in [-0.25, -0.2) is 4.39 Å². The Morgan fingerprint density at radius 2 is 1.13 bits per heavy atom. The zero-order chi connectivity index (χ0) is 30.9. The van der Waals surface area contributed by atoms with E-state index in [0.717, 1.165) is 17.1 Å². The molecule has 0 unspecified atom stereocenters. The third-order valence-corrected chi connectivity index (χ3v) is 12.3. The first-order valence-corrected chi connectivity index (χ1v) is 17.1. The predicted molar refractivity (Wildman–Crippen MR) is 192 cm³/mol. The molecule has 4 heteroatoms. The number of benzene rings is 6. The second-order valence-corrected chi connectivity index (χ2v) is 14.1. The van der Waals surface area contributed by atoms with Crippen molar-refractivity contribution in [3.05, 3.63) is 150 Å². The SMILES string of the molecule is Fc1ccc(N2c3cc4c(cc3B3c5ccccc5N(c5ccccc5)c5cccc2c53)C2(c3ccccc3-4)C3CCC2CC3)cc1. The molecule has 0 aromatic heterocycles. The molecule has 6 aromatic carbocycles. The molecule has 2 nitrogen and oxygen atoms in total. The van der Waals surface area contributed by atoms with Gasteiger partial charge in [0.05, 0.1) is 0 Å². The van der Waals surface area contributed by atoms with Crippen LogP contribution in [0, 0.1) is 17.7 Å². The van der Waals surface area contributed by atoms with Gasteiger partial charge in [0.2, 0.25) is 0 Å². The van der Waals surface area contributed by atoms with Crippen LogP contribution in [0.5, 0.6) is 0 Å². The first-order valence-electron chi connectivity index (χ1n) is 17.1. The topological polar surface area (TPSA) is 6.48 Å². The van der Waals surface area contributed by atoms with E-state index in [2.05, 4.69) is 119 Å². The number of halogens is 1. The molecule has 2 fully saturated rings. The number of nitrogens with zero attached hydrogens (tertiary/aromatic N) is 2. The number of hydrogen-bond donors (Lipinski definition) is 0. The minimum atomic E-state index is -0.218. The summed E-state index contributed by atoms with van der Waals surface area (Å²) in [4.78, 5) is 4.83. The van der Waals surface area contributed by atoms with Crippen LogP contribution in [0.3, 0.4) is 0 Å². The average Bonchev–Trinajstić information content (AvgIpc) is 3.77. The third kappa shape index (κ3) is 3.21. The molecule has 0 amide bonds. The van der Waals surface area contributed by atoms with Crippen LogP contribution in [0.4, 0.5) is 38.5 Å². The molecule has 0 N–H and O–H groups in total. The molecule has 1 spiro atoms. The van der Waals surface area contributed by atoms with Crippen molar-refractivity contribution in [2.75, 3.05) is 9.80 Å². The van der Waals surface area contributed by atoms with Gasteiger partial charge in [-0.2, -0.15) is 0 Å². The lowest BCUT2D eigenvalue weighted by atomic mass is 9.33. The fraction of sp³-hybridized carbons (Fsp3) is 0.163. The molecule has 5 aliphatic rings. The van der Waals surface area contributed by atoms with Gasteiger partial charge < -0.3 is 9.80 Å². The summed E-state index contributed by atoms with van der Waals surface area (Å²) in [6, 6.07) is 47.9. The van der Waals surface area contributed by atoms with Gasteiger partial charge in [0.1, 0.15) is 5.82 Å². The normalized spacial score (nSPS) is 22.2. The van der Waals surface area contributed by atoms with Gasteiger partial charge in [0.15, 0.2) is 0 Å².